The Morgan fingerprint density at radius 1 is 1.50 bits per heavy atom. The second-order valence-corrected chi connectivity index (χ2v) is 4.91. The van der Waals surface area contributed by atoms with Crippen LogP contribution < -0.4 is 0 Å². The summed E-state index contributed by atoms with van der Waals surface area (Å²) >= 11 is 0. The summed E-state index contributed by atoms with van der Waals surface area (Å²) < 4.78 is 21.5. The summed E-state index contributed by atoms with van der Waals surface area (Å²) in [4.78, 5) is 0. The van der Waals surface area contributed by atoms with E-state index in [9.17, 15) is 13.5 Å². The van der Waals surface area contributed by atoms with Gasteiger partial charge in [-0.15, -0.1) is 0 Å². The number of hydrogen-bond acceptors (Lipinski definition) is 4. The number of aliphatic hydroxyl groups excluding tert-OH is 1. The lowest BCUT2D eigenvalue weighted by molar-refractivity contribution is 0.00840. The largest absolute Gasteiger partial charge is 0.393 e. The van der Waals surface area contributed by atoms with E-state index in [0.717, 1.165) is 0 Å². The molecule has 4 nitrogen and oxygen atoms in total. The number of hydrogen-bond donors (Lipinski definition) is 2. The summed E-state index contributed by atoms with van der Waals surface area (Å²) in [5.74, 6) is -0.305. The van der Waals surface area contributed by atoms with Crippen LogP contribution in [0.1, 0.15) is 6.42 Å². The van der Waals surface area contributed by atoms with Crippen molar-refractivity contribution in [3.05, 3.63) is 0 Å². The van der Waals surface area contributed by atoms with Crippen LogP contribution in [-0.4, -0.2) is 42.3 Å². The highest BCUT2D eigenvalue weighted by atomic mass is 32.2. The summed E-state index contributed by atoms with van der Waals surface area (Å²) in [5, 5.41) is 17.7. The quantitative estimate of drug-likeness (QED) is 0.498. The Bertz CT molecular complexity index is 220. The lowest BCUT2D eigenvalue weighted by Crippen LogP contribution is -2.34. The third kappa shape index (κ3) is 1.47. The smallest absolute Gasteiger partial charge is 0.153 e. The van der Waals surface area contributed by atoms with E-state index in [1.54, 1.807) is 0 Å². The maximum atomic E-state index is 10.7. The Morgan fingerprint density at radius 2 is 2.10 bits per heavy atom. The van der Waals surface area contributed by atoms with Gasteiger partial charge in [0.2, 0.25) is 0 Å². The Labute approximate surface area is 59.4 Å². The normalized spacial score (nSPS) is 38.2. The average Bonchev–Trinajstić information content (AvgIpc) is 2.08. The highest BCUT2D eigenvalue weighted by Gasteiger charge is 2.39. The molecule has 1 heterocycles. The third-order valence-electron chi connectivity index (χ3n) is 1.66. The van der Waals surface area contributed by atoms with Crippen molar-refractivity contribution in [1.82, 2.24) is 0 Å². The molecule has 60 valence electrons. The van der Waals surface area contributed by atoms with Crippen molar-refractivity contribution in [3.8, 4) is 0 Å². The van der Waals surface area contributed by atoms with Crippen molar-refractivity contribution in [2.45, 2.75) is 12.0 Å². The summed E-state index contributed by atoms with van der Waals surface area (Å²) in [6, 6.07) is 0. The highest BCUT2D eigenvalue weighted by molar-refractivity contribution is 7.91. The van der Waals surface area contributed by atoms with Gasteiger partial charge in [0.05, 0.1) is 18.1 Å². The Kier molecular flexibility index (Phi) is 1.74. The van der Waals surface area contributed by atoms with Crippen molar-refractivity contribution in [1.29, 1.82) is 0 Å². The molecule has 1 aliphatic rings. The topological polar surface area (TPSA) is 74.6 Å². The standard InChI is InChI=1S/C5H10O4S/c6-3-5(7)1-2-10(8,9)4-5/h6-7H,1-4H2. The molecule has 0 aromatic rings. The zero-order chi connectivity index (χ0) is 7.83. The zero-order valence-corrected chi connectivity index (χ0v) is 6.26. The monoisotopic (exact) mass is 166 g/mol. The van der Waals surface area contributed by atoms with Crippen molar-refractivity contribution in [2.75, 3.05) is 18.1 Å². The van der Waals surface area contributed by atoms with E-state index in [0.29, 0.717) is 0 Å². The van der Waals surface area contributed by atoms with Gasteiger partial charge in [0.15, 0.2) is 9.84 Å². The minimum atomic E-state index is -3.08. The van der Waals surface area contributed by atoms with E-state index in [4.69, 9.17) is 5.11 Å². The molecule has 0 spiro atoms. The van der Waals surface area contributed by atoms with Gasteiger partial charge >= 0.3 is 0 Å². The molecule has 1 rings (SSSR count). The Hall–Kier alpha value is -0.130. The van der Waals surface area contributed by atoms with Gasteiger partial charge in [-0.1, -0.05) is 0 Å². The third-order valence-corrected chi connectivity index (χ3v) is 3.46. The molecule has 10 heavy (non-hydrogen) atoms. The SMILES string of the molecule is O=S1(=O)CCC(O)(CO)C1. The van der Waals surface area contributed by atoms with E-state index in [-0.39, 0.29) is 17.9 Å². The van der Waals surface area contributed by atoms with Gasteiger partial charge < -0.3 is 10.2 Å². The highest BCUT2D eigenvalue weighted by Crippen LogP contribution is 2.21. The Balaban J connectivity index is 2.76. The van der Waals surface area contributed by atoms with Crippen LogP contribution >= 0.6 is 0 Å². The van der Waals surface area contributed by atoms with Gasteiger partial charge in [-0.3, -0.25) is 0 Å². The molecule has 2 N–H and O–H groups in total. The van der Waals surface area contributed by atoms with Crippen LogP contribution in [0.4, 0.5) is 0 Å². The molecule has 1 atom stereocenters. The van der Waals surface area contributed by atoms with Gasteiger partial charge in [0.25, 0.3) is 0 Å². The lowest BCUT2D eigenvalue weighted by atomic mass is 10.1. The van der Waals surface area contributed by atoms with Crippen molar-refractivity contribution < 1.29 is 18.6 Å². The maximum Gasteiger partial charge on any atom is 0.153 e. The van der Waals surface area contributed by atoms with Crippen LogP contribution in [0, 0.1) is 0 Å². The average molecular weight is 166 g/mol. The van der Waals surface area contributed by atoms with E-state index in [2.05, 4.69) is 0 Å². The summed E-state index contributed by atoms with van der Waals surface area (Å²) in [6.45, 7) is -0.466. The molecule has 1 aliphatic heterocycles. The molecule has 0 saturated carbocycles. The van der Waals surface area contributed by atoms with Crippen molar-refractivity contribution >= 4 is 9.84 Å². The van der Waals surface area contributed by atoms with Gasteiger partial charge in [0.1, 0.15) is 5.60 Å². The first-order valence-corrected chi connectivity index (χ1v) is 4.83. The number of aliphatic hydroxyl groups is 2. The molecule has 0 aromatic heterocycles. The number of sulfone groups is 1. The van der Waals surface area contributed by atoms with Crippen LogP contribution in [0.25, 0.3) is 0 Å². The van der Waals surface area contributed by atoms with E-state index in [1.807, 2.05) is 0 Å². The van der Waals surface area contributed by atoms with Gasteiger partial charge in [0, 0.05) is 0 Å². The molecule has 0 bridgehead atoms. The minimum Gasteiger partial charge on any atom is -0.393 e. The van der Waals surface area contributed by atoms with Gasteiger partial charge in [-0.05, 0) is 6.42 Å². The van der Waals surface area contributed by atoms with Crippen LogP contribution in [0.5, 0.6) is 0 Å². The van der Waals surface area contributed by atoms with Gasteiger partial charge in [-0.2, -0.15) is 0 Å². The fraction of sp³-hybridized carbons (Fsp3) is 1.00. The molecule has 0 aliphatic carbocycles. The number of rotatable bonds is 1. The van der Waals surface area contributed by atoms with E-state index >= 15 is 0 Å². The predicted octanol–water partition coefficient (Wildman–Crippen LogP) is -1.47. The van der Waals surface area contributed by atoms with Crippen molar-refractivity contribution in [2.24, 2.45) is 0 Å². The minimum absolute atomic E-state index is 0.00986. The molecular formula is C5H10O4S. The van der Waals surface area contributed by atoms with Crippen LogP contribution in [0.2, 0.25) is 0 Å². The lowest BCUT2D eigenvalue weighted by Gasteiger charge is -2.15. The molecule has 1 fully saturated rings. The van der Waals surface area contributed by atoms with Crippen LogP contribution in [-0.2, 0) is 9.84 Å². The molecule has 0 aromatic carbocycles. The second kappa shape index (κ2) is 2.18. The Morgan fingerprint density at radius 3 is 2.30 bits per heavy atom. The van der Waals surface area contributed by atoms with E-state index < -0.39 is 22.0 Å². The van der Waals surface area contributed by atoms with Crippen LogP contribution in [0.3, 0.4) is 0 Å². The molecule has 0 amide bonds. The van der Waals surface area contributed by atoms with E-state index in [1.165, 1.54) is 0 Å². The molecule has 1 unspecified atom stereocenters. The molecular weight excluding hydrogens is 156 g/mol. The van der Waals surface area contributed by atoms with Crippen molar-refractivity contribution in [3.63, 3.8) is 0 Å². The maximum absolute atomic E-state index is 10.7. The van der Waals surface area contributed by atoms with Crippen LogP contribution in [0.15, 0.2) is 0 Å². The summed E-state index contributed by atoms with van der Waals surface area (Å²) in [6.07, 6.45) is 0.159. The summed E-state index contributed by atoms with van der Waals surface area (Å²) in [7, 11) is -3.08. The molecule has 0 radical (unpaired) electrons. The fourth-order valence-corrected chi connectivity index (χ4v) is 2.91. The zero-order valence-electron chi connectivity index (χ0n) is 5.45. The predicted molar refractivity (Wildman–Crippen MR) is 35.3 cm³/mol. The first-order chi connectivity index (χ1) is 4.47. The molecule has 5 heteroatoms. The molecule has 1 saturated heterocycles. The fourth-order valence-electron chi connectivity index (χ4n) is 1.02. The summed E-state index contributed by atoms with van der Waals surface area (Å²) in [5.41, 5.74) is -1.36. The first kappa shape index (κ1) is 7.97. The van der Waals surface area contributed by atoms with Gasteiger partial charge in [-0.25, -0.2) is 8.42 Å². The second-order valence-electron chi connectivity index (χ2n) is 2.72. The first-order valence-electron chi connectivity index (χ1n) is 3.01.